The van der Waals surface area contributed by atoms with Crippen LogP contribution in [0.4, 0.5) is 11.4 Å². The number of rotatable bonds is 8. The Bertz CT molecular complexity index is 1530. The SMILES string of the molecule is C=C1CC2C(=O)N(C)c3cc(OCCCOc4cc5c(cc4OC)C(=O)N4CC(=C)CC4C(=O)N5C)c(OC)cc3C(=O)N2C1. The van der Waals surface area contributed by atoms with Crippen molar-refractivity contribution in [1.29, 1.82) is 0 Å². The maximum atomic E-state index is 13.4. The van der Waals surface area contributed by atoms with Crippen molar-refractivity contribution in [3.05, 3.63) is 59.7 Å². The molecule has 0 spiro atoms. The zero-order valence-electron chi connectivity index (χ0n) is 25.9. The number of carbonyl (C=O) groups excluding carboxylic acids is 4. The van der Waals surface area contributed by atoms with Crippen molar-refractivity contribution in [3.63, 3.8) is 0 Å². The summed E-state index contributed by atoms with van der Waals surface area (Å²) in [4.78, 5) is 59.3. The fraction of sp³-hybridized carbons (Fsp3) is 0.394. The van der Waals surface area contributed by atoms with Crippen molar-refractivity contribution in [3.8, 4) is 23.0 Å². The molecule has 45 heavy (non-hydrogen) atoms. The zero-order chi connectivity index (χ0) is 32.2. The molecule has 4 aliphatic rings. The Balaban J connectivity index is 1.15. The van der Waals surface area contributed by atoms with Gasteiger partial charge in [0.15, 0.2) is 23.0 Å². The number of nitrogens with zero attached hydrogens (tertiary/aromatic N) is 4. The number of methoxy groups -OCH3 is 2. The first-order valence-electron chi connectivity index (χ1n) is 14.7. The third-order valence-electron chi connectivity index (χ3n) is 8.81. The minimum Gasteiger partial charge on any atom is -0.493 e. The number of likely N-dealkylation sites (N-methyl/N-ethyl adjacent to an activating group) is 2. The molecule has 0 bridgehead atoms. The van der Waals surface area contributed by atoms with Crippen molar-refractivity contribution in [2.24, 2.45) is 0 Å². The summed E-state index contributed by atoms with van der Waals surface area (Å²) in [5.74, 6) is 0.654. The highest BCUT2D eigenvalue weighted by molar-refractivity contribution is 6.13. The highest BCUT2D eigenvalue weighted by atomic mass is 16.5. The maximum absolute atomic E-state index is 13.4. The summed E-state index contributed by atoms with van der Waals surface area (Å²) in [7, 11) is 6.28. The van der Waals surface area contributed by atoms with Gasteiger partial charge < -0.3 is 38.5 Å². The number of fused-ring (bicyclic) bond motifs is 4. The second-order valence-electron chi connectivity index (χ2n) is 11.7. The first-order chi connectivity index (χ1) is 21.5. The number of ether oxygens (including phenoxy) is 4. The normalized spacial score (nSPS) is 20.9. The molecule has 0 saturated carbocycles. The highest BCUT2D eigenvalue weighted by Crippen LogP contribution is 2.41. The summed E-state index contributed by atoms with van der Waals surface area (Å²) in [6.45, 7) is 9.10. The molecular formula is C33H36N4O8. The maximum Gasteiger partial charge on any atom is 0.257 e. The number of hydrogen-bond acceptors (Lipinski definition) is 8. The number of hydrogen-bond donors (Lipinski definition) is 0. The van der Waals surface area contributed by atoms with E-state index in [1.165, 1.54) is 24.0 Å². The molecule has 12 nitrogen and oxygen atoms in total. The number of anilines is 2. The first-order valence-corrected chi connectivity index (χ1v) is 14.7. The van der Waals surface area contributed by atoms with Crippen molar-refractivity contribution in [2.75, 3.05) is 64.4 Å². The lowest BCUT2D eigenvalue weighted by molar-refractivity contribution is -0.122. The Kier molecular flexibility index (Phi) is 7.67. The Morgan fingerprint density at radius 1 is 0.667 bits per heavy atom. The van der Waals surface area contributed by atoms with E-state index >= 15 is 0 Å². The van der Waals surface area contributed by atoms with Crippen LogP contribution in [0.2, 0.25) is 0 Å². The monoisotopic (exact) mass is 616 g/mol. The highest BCUT2D eigenvalue weighted by Gasteiger charge is 2.44. The molecule has 2 aromatic carbocycles. The lowest BCUT2D eigenvalue weighted by atomic mass is 10.1. The fourth-order valence-electron chi connectivity index (χ4n) is 6.42. The molecule has 2 saturated heterocycles. The standard InChI is InChI=1S/C33H36N4O8/c1-18-10-24-32(40)34(3)22-14-28(26(42-5)12-20(22)30(38)36(24)16-18)44-8-7-9-45-29-15-23-21(13-27(29)43-6)31(39)37-17-19(2)11-25(37)33(41)35(23)4/h12-15,24-25H,1-2,7-11,16-17H2,3-6H3. The third kappa shape index (κ3) is 5.03. The molecule has 4 amide bonds. The molecule has 2 fully saturated rings. The van der Waals surface area contributed by atoms with Gasteiger partial charge in [-0.05, 0) is 25.0 Å². The van der Waals surface area contributed by atoms with Gasteiger partial charge >= 0.3 is 0 Å². The molecule has 4 aliphatic heterocycles. The average Bonchev–Trinajstić information content (AvgIpc) is 3.60. The minimum absolute atomic E-state index is 0.181. The van der Waals surface area contributed by atoms with Gasteiger partial charge in [-0.3, -0.25) is 19.2 Å². The van der Waals surface area contributed by atoms with E-state index in [-0.39, 0.29) is 36.8 Å². The summed E-state index contributed by atoms with van der Waals surface area (Å²) >= 11 is 0. The molecular weight excluding hydrogens is 580 g/mol. The molecule has 0 N–H and O–H groups in total. The van der Waals surface area contributed by atoms with Crippen LogP contribution in [0.3, 0.4) is 0 Å². The van der Waals surface area contributed by atoms with E-state index in [0.29, 0.717) is 77.9 Å². The zero-order valence-corrected chi connectivity index (χ0v) is 25.9. The number of amides is 4. The third-order valence-corrected chi connectivity index (χ3v) is 8.81. The van der Waals surface area contributed by atoms with Gasteiger partial charge in [-0.1, -0.05) is 24.3 Å². The largest absolute Gasteiger partial charge is 0.493 e. The quantitative estimate of drug-likeness (QED) is 0.328. The van der Waals surface area contributed by atoms with Gasteiger partial charge in [0.2, 0.25) is 11.8 Å². The van der Waals surface area contributed by atoms with E-state index in [1.54, 1.807) is 48.2 Å². The van der Waals surface area contributed by atoms with Crippen LogP contribution in [-0.4, -0.2) is 100 Å². The van der Waals surface area contributed by atoms with Crippen LogP contribution in [0.1, 0.15) is 40.0 Å². The molecule has 0 aliphatic carbocycles. The summed E-state index contributed by atoms with van der Waals surface area (Å²) in [6, 6.07) is 5.37. The molecule has 0 radical (unpaired) electrons. The average molecular weight is 617 g/mol. The van der Waals surface area contributed by atoms with Crippen molar-refractivity contribution in [2.45, 2.75) is 31.3 Å². The smallest absolute Gasteiger partial charge is 0.257 e. The summed E-state index contributed by atoms with van der Waals surface area (Å²) in [5.41, 5.74) is 3.31. The van der Waals surface area contributed by atoms with Gasteiger partial charge in [-0.25, -0.2) is 0 Å². The van der Waals surface area contributed by atoms with Gasteiger partial charge in [0.1, 0.15) is 12.1 Å². The predicted molar refractivity (Wildman–Crippen MR) is 166 cm³/mol. The van der Waals surface area contributed by atoms with Crippen LogP contribution in [0.15, 0.2) is 48.6 Å². The minimum atomic E-state index is -0.576. The lowest BCUT2D eigenvalue weighted by Gasteiger charge is -2.22. The molecule has 2 aromatic rings. The summed E-state index contributed by atoms with van der Waals surface area (Å²) in [5, 5.41) is 0. The Labute approximate surface area is 261 Å². The second-order valence-corrected chi connectivity index (χ2v) is 11.7. The van der Waals surface area contributed by atoms with Gasteiger partial charge in [-0.15, -0.1) is 0 Å². The van der Waals surface area contributed by atoms with Crippen molar-refractivity contribution in [1.82, 2.24) is 9.80 Å². The van der Waals surface area contributed by atoms with Gasteiger partial charge in [0.25, 0.3) is 11.8 Å². The van der Waals surface area contributed by atoms with Crippen LogP contribution in [0.5, 0.6) is 23.0 Å². The Morgan fingerprint density at radius 2 is 1.07 bits per heavy atom. The van der Waals surface area contributed by atoms with Crippen LogP contribution >= 0.6 is 0 Å². The predicted octanol–water partition coefficient (Wildman–Crippen LogP) is 3.05. The van der Waals surface area contributed by atoms with E-state index in [9.17, 15) is 19.2 Å². The van der Waals surface area contributed by atoms with Crippen molar-refractivity contribution >= 4 is 35.0 Å². The molecule has 6 rings (SSSR count). The van der Waals surface area contributed by atoms with Gasteiger partial charge in [0.05, 0.1) is 49.9 Å². The van der Waals surface area contributed by atoms with Crippen LogP contribution in [-0.2, 0) is 9.59 Å². The van der Waals surface area contributed by atoms with E-state index in [2.05, 4.69) is 13.2 Å². The summed E-state index contributed by atoms with van der Waals surface area (Å²) < 4.78 is 23.2. The molecule has 4 heterocycles. The Hall–Kier alpha value is -5.00. The molecule has 2 unspecified atom stereocenters. The van der Waals surface area contributed by atoms with E-state index < -0.39 is 12.1 Å². The Morgan fingerprint density at radius 3 is 1.44 bits per heavy atom. The van der Waals surface area contributed by atoms with E-state index in [0.717, 1.165) is 11.1 Å². The van der Waals surface area contributed by atoms with Crippen LogP contribution < -0.4 is 28.7 Å². The van der Waals surface area contributed by atoms with Gasteiger partial charge in [0, 0.05) is 45.7 Å². The number of carbonyl (C=O) groups is 4. The first kappa shape index (κ1) is 30.0. The van der Waals surface area contributed by atoms with E-state index in [4.69, 9.17) is 18.9 Å². The van der Waals surface area contributed by atoms with Crippen LogP contribution in [0, 0.1) is 0 Å². The topological polar surface area (TPSA) is 118 Å². The van der Waals surface area contributed by atoms with Gasteiger partial charge in [-0.2, -0.15) is 0 Å². The summed E-state index contributed by atoms with van der Waals surface area (Å²) in [6.07, 6.45) is 1.34. The molecule has 236 valence electrons. The lowest BCUT2D eigenvalue weighted by Crippen LogP contribution is -2.43. The van der Waals surface area contributed by atoms with Crippen molar-refractivity contribution < 1.29 is 38.1 Å². The molecule has 0 aromatic heterocycles. The molecule has 12 heteroatoms. The molecule has 2 atom stereocenters. The fourth-order valence-corrected chi connectivity index (χ4v) is 6.42. The van der Waals surface area contributed by atoms with Crippen LogP contribution in [0.25, 0.3) is 0 Å². The van der Waals surface area contributed by atoms with E-state index in [1.807, 2.05) is 0 Å². The number of benzene rings is 2. The second kappa shape index (κ2) is 11.5.